The predicted molar refractivity (Wildman–Crippen MR) is 123 cm³/mol. The lowest BCUT2D eigenvalue weighted by atomic mass is 9.96. The second-order valence-corrected chi connectivity index (χ2v) is 9.82. The van der Waals surface area contributed by atoms with Gasteiger partial charge in [0, 0.05) is 18.4 Å². The molecule has 1 aromatic rings. The van der Waals surface area contributed by atoms with Crippen molar-refractivity contribution in [3.8, 4) is 0 Å². The van der Waals surface area contributed by atoms with Gasteiger partial charge in [-0.3, -0.25) is 24.1 Å². The van der Waals surface area contributed by atoms with Crippen molar-refractivity contribution in [1.82, 2.24) is 16.3 Å². The molecule has 0 spiro atoms. The highest BCUT2D eigenvalue weighted by molar-refractivity contribution is 5.83. The first-order chi connectivity index (χ1) is 14.9. The number of carbonyl (C=O) groups is 3. The summed E-state index contributed by atoms with van der Waals surface area (Å²) in [5.74, 6) is -0.809. The van der Waals surface area contributed by atoms with Gasteiger partial charge in [-0.05, 0) is 23.8 Å². The maximum Gasteiger partial charge on any atom is 0.275 e. The fraction of sp³-hybridized carbons (Fsp3) is 0.625. The standard InChI is InChI=1S/C24H39N3O5/c1-16(2)13-19(32-27-23(30)24(5,6)7)22(29)26-31-20(21(28)25-15-17(3)4)14-18-11-9-8-10-12-18/h8-12,16-17,19-20H,13-15H2,1-7H3,(H,25,28)(H,26,29)(H,27,30)/t19-,20+/m1/s1. The molecule has 0 unspecified atom stereocenters. The van der Waals surface area contributed by atoms with Gasteiger partial charge in [0.25, 0.3) is 11.8 Å². The van der Waals surface area contributed by atoms with Gasteiger partial charge in [0.2, 0.25) is 5.91 Å². The Kier molecular flexibility index (Phi) is 11.4. The topological polar surface area (TPSA) is 106 Å². The van der Waals surface area contributed by atoms with Crippen LogP contribution < -0.4 is 16.3 Å². The Balaban J connectivity index is 2.82. The first kappa shape index (κ1) is 27.6. The summed E-state index contributed by atoms with van der Waals surface area (Å²) in [6.45, 7) is 13.6. The van der Waals surface area contributed by atoms with E-state index in [0.29, 0.717) is 19.4 Å². The summed E-state index contributed by atoms with van der Waals surface area (Å²) in [6, 6.07) is 9.42. The normalized spacial score (nSPS) is 13.5. The lowest BCUT2D eigenvalue weighted by molar-refractivity contribution is -0.166. The van der Waals surface area contributed by atoms with Gasteiger partial charge in [-0.1, -0.05) is 78.8 Å². The average Bonchev–Trinajstić information content (AvgIpc) is 2.71. The molecule has 1 aromatic carbocycles. The first-order valence-corrected chi connectivity index (χ1v) is 11.1. The van der Waals surface area contributed by atoms with Crippen LogP contribution in [0.5, 0.6) is 0 Å². The zero-order chi connectivity index (χ0) is 24.3. The van der Waals surface area contributed by atoms with Gasteiger partial charge in [0.05, 0.1) is 0 Å². The summed E-state index contributed by atoms with van der Waals surface area (Å²) in [5, 5.41) is 2.84. The summed E-state index contributed by atoms with van der Waals surface area (Å²) in [5.41, 5.74) is 4.96. The molecule has 3 N–H and O–H groups in total. The van der Waals surface area contributed by atoms with Crippen molar-refractivity contribution in [2.45, 2.75) is 73.5 Å². The van der Waals surface area contributed by atoms with Crippen molar-refractivity contribution in [1.29, 1.82) is 0 Å². The van der Waals surface area contributed by atoms with Crippen molar-refractivity contribution in [3.63, 3.8) is 0 Å². The minimum absolute atomic E-state index is 0.131. The minimum atomic E-state index is -0.961. The van der Waals surface area contributed by atoms with Gasteiger partial charge >= 0.3 is 0 Å². The zero-order valence-corrected chi connectivity index (χ0v) is 20.4. The van der Waals surface area contributed by atoms with Gasteiger partial charge < -0.3 is 5.32 Å². The Hall–Kier alpha value is -2.45. The molecule has 0 aliphatic heterocycles. The second kappa shape index (κ2) is 13.2. The summed E-state index contributed by atoms with van der Waals surface area (Å²) in [7, 11) is 0. The van der Waals surface area contributed by atoms with Crippen LogP contribution in [0.2, 0.25) is 0 Å². The number of carbonyl (C=O) groups excluding carboxylic acids is 3. The van der Waals surface area contributed by atoms with Crippen LogP contribution in [0.25, 0.3) is 0 Å². The Morgan fingerprint density at radius 1 is 0.844 bits per heavy atom. The van der Waals surface area contributed by atoms with Crippen LogP contribution in [0, 0.1) is 17.3 Å². The largest absolute Gasteiger partial charge is 0.353 e. The van der Waals surface area contributed by atoms with Crippen LogP contribution in [0.4, 0.5) is 0 Å². The molecule has 1 rings (SSSR count). The van der Waals surface area contributed by atoms with E-state index in [9.17, 15) is 14.4 Å². The van der Waals surface area contributed by atoms with Crippen LogP contribution in [0.1, 0.15) is 60.5 Å². The van der Waals surface area contributed by atoms with Crippen LogP contribution in [-0.4, -0.2) is 36.5 Å². The molecular weight excluding hydrogens is 410 g/mol. The van der Waals surface area contributed by atoms with E-state index in [1.54, 1.807) is 20.8 Å². The van der Waals surface area contributed by atoms with Gasteiger partial charge in [-0.15, -0.1) is 0 Å². The van der Waals surface area contributed by atoms with E-state index in [2.05, 4.69) is 16.3 Å². The van der Waals surface area contributed by atoms with Crippen LogP contribution in [-0.2, 0) is 30.5 Å². The fourth-order valence-electron chi connectivity index (χ4n) is 2.54. The van der Waals surface area contributed by atoms with Gasteiger partial charge in [0.15, 0.2) is 12.2 Å². The fourth-order valence-corrected chi connectivity index (χ4v) is 2.54. The molecule has 0 aliphatic carbocycles. The molecule has 32 heavy (non-hydrogen) atoms. The number of rotatable bonds is 12. The van der Waals surface area contributed by atoms with E-state index in [0.717, 1.165) is 5.56 Å². The lowest BCUT2D eigenvalue weighted by Crippen LogP contribution is -2.48. The molecule has 180 valence electrons. The number of hydrogen-bond donors (Lipinski definition) is 3. The molecular formula is C24H39N3O5. The highest BCUT2D eigenvalue weighted by atomic mass is 16.7. The van der Waals surface area contributed by atoms with Crippen LogP contribution in [0.15, 0.2) is 30.3 Å². The molecule has 3 amide bonds. The van der Waals surface area contributed by atoms with E-state index in [1.807, 2.05) is 58.0 Å². The average molecular weight is 450 g/mol. The molecule has 0 saturated carbocycles. The zero-order valence-electron chi connectivity index (χ0n) is 20.4. The summed E-state index contributed by atoms with van der Waals surface area (Å²) in [4.78, 5) is 48.5. The predicted octanol–water partition coefficient (Wildman–Crippen LogP) is 2.93. The Morgan fingerprint density at radius 2 is 1.44 bits per heavy atom. The third kappa shape index (κ3) is 10.7. The van der Waals surface area contributed by atoms with E-state index in [4.69, 9.17) is 9.68 Å². The second-order valence-electron chi connectivity index (χ2n) is 9.82. The summed E-state index contributed by atoms with van der Waals surface area (Å²) < 4.78 is 0. The van der Waals surface area contributed by atoms with E-state index in [-0.39, 0.29) is 23.7 Å². The molecule has 8 heteroatoms. The van der Waals surface area contributed by atoms with Crippen LogP contribution in [0.3, 0.4) is 0 Å². The smallest absolute Gasteiger partial charge is 0.275 e. The number of amides is 3. The van der Waals surface area contributed by atoms with Crippen molar-refractivity contribution in [2.24, 2.45) is 17.3 Å². The van der Waals surface area contributed by atoms with E-state index in [1.165, 1.54) is 0 Å². The summed E-state index contributed by atoms with van der Waals surface area (Å²) in [6.07, 6.45) is -1.22. The molecule has 0 radical (unpaired) electrons. The summed E-state index contributed by atoms with van der Waals surface area (Å²) >= 11 is 0. The molecule has 0 aliphatic rings. The Labute approximate surface area is 191 Å². The first-order valence-electron chi connectivity index (χ1n) is 11.1. The van der Waals surface area contributed by atoms with Gasteiger partial charge in [-0.25, -0.2) is 11.0 Å². The maximum absolute atomic E-state index is 12.7. The highest BCUT2D eigenvalue weighted by Crippen LogP contribution is 2.14. The van der Waals surface area contributed by atoms with Gasteiger partial charge in [0.1, 0.15) is 0 Å². The molecule has 0 heterocycles. The Bertz CT molecular complexity index is 729. The molecule has 0 fully saturated rings. The maximum atomic E-state index is 12.7. The van der Waals surface area contributed by atoms with Gasteiger partial charge in [-0.2, -0.15) is 0 Å². The Morgan fingerprint density at radius 3 is 1.97 bits per heavy atom. The molecule has 2 atom stereocenters. The minimum Gasteiger partial charge on any atom is -0.353 e. The van der Waals surface area contributed by atoms with Crippen molar-refractivity contribution >= 4 is 17.7 Å². The monoisotopic (exact) mass is 449 g/mol. The number of benzene rings is 1. The van der Waals surface area contributed by atoms with E-state index < -0.39 is 23.5 Å². The number of hydrogen-bond acceptors (Lipinski definition) is 5. The van der Waals surface area contributed by atoms with Crippen molar-refractivity contribution < 1.29 is 24.1 Å². The van der Waals surface area contributed by atoms with Crippen molar-refractivity contribution in [2.75, 3.05) is 6.54 Å². The third-order valence-electron chi connectivity index (χ3n) is 4.50. The molecule has 0 bridgehead atoms. The van der Waals surface area contributed by atoms with Crippen LogP contribution >= 0.6 is 0 Å². The lowest BCUT2D eigenvalue weighted by Gasteiger charge is -2.24. The van der Waals surface area contributed by atoms with Crippen molar-refractivity contribution in [3.05, 3.63) is 35.9 Å². The quantitative estimate of drug-likeness (QED) is 0.426. The molecule has 8 nitrogen and oxygen atoms in total. The number of hydroxylamine groups is 2. The molecule has 0 saturated heterocycles. The third-order valence-corrected chi connectivity index (χ3v) is 4.50. The van der Waals surface area contributed by atoms with E-state index >= 15 is 0 Å². The number of nitrogens with one attached hydrogen (secondary N) is 3. The highest BCUT2D eigenvalue weighted by Gasteiger charge is 2.28. The molecule has 0 aromatic heterocycles. The SMILES string of the molecule is CC(C)CNC(=O)[C@H](Cc1ccccc1)ONC(=O)[C@@H](CC(C)C)ONC(=O)C(C)(C)C.